The van der Waals surface area contributed by atoms with Crippen LogP contribution in [0, 0.1) is 5.82 Å². The van der Waals surface area contributed by atoms with E-state index in [0.29, 0.717) is 11.3 Å². The lowest BCUT2D eigenvalue weighted by atomic mass is 10.1. The standard InChI is InChI=1S/C16H14FNO3/c1-18(15(19)11-7-9-12(17)10-8-11)14-6-4-3-5-13(14)16(20)21-2/h3-10H,1-2H3. The van der Waals surface area contributed by atoms with Crippen LogP contribution in [0.5, 0.6) is 0 Å². The van der Waals surface area contributed by atoms with Crippen molar-refractivity contribution in [3.63, 3.8) is 0 Å². The maximum atomic E-state index is 12.9. The van der Waals surface area contributed by atoms with Crippen LogP contribution in [0.1, 0.15) is 20.7 Å². The SMILES string of the molecule is COC(=O)c1ccccc1N(C)C(=O)c1ccc(F)cc1. The van der Waals surface area contributed by atoms with Gasteiger partial charge in [-0.25, -0.2) is 9.18 Å². The molecule has 5 heteroatoms. The number of carbonyl (C=O) groups excluding carboxylic acids is 2. The van der Waals surface area contributed by atoms with Gasteiger partial charge in [-0.1, -0.05) is 12.1 Å². The molecule has 2 rings (SSSR count). The molecule has 0 bridgehead atoms. The molecule has 0 aromatic heterocycles. The Bertz CT molecular complexity index is 667. The molecule has 0 aliphatic rings. The molecular weight excluding hydrogens is 273 g/mol. The summed E-state index contributed by atoms with van der Waals surface area (Å²) >= 11 is 0. The number of para-hydroxylation sites is 1. The number of hydrogen-bond acceptors (Lipinski definition) is 3. The largest absolute Gasteiger partial charge is 0.465 e. The van der Waals surface area contributed by atoms with Crippen molar-refractivity contribution in [2.24, 2.45) is 0 Å². The van der Waals surface area contributed by atoms with E-state index in [4.69, 9.17) is 4.74 Å². The summed E-state index contributed by atoms with van der Waals surface area (Å²) in [5.41, 5.74) is 1.05. The van der Waals surface area contributed by atoms with Crippen LogP contribution >= 0.6 is 0 Å². The third-order valence-electron chi connectivity index (χ3n) is 3.07. The normalized spacial score (nSPS) is 10.0. The van der Waals surface area contributed by atoms with Gasteiger partial charge in [-0.15, -0.1) is 0 Å². The summed E-state index contributed by atoms with van der Waals surface area (Å²) in [5, 5.41) is 0. The first-order valence-electron chi connectivity index (χ1n) is 6.25. The lowest BCUT2D eigenvalue weighted by molar-refractivity contribution is 0.0601. The van der Waals surface area contributed by atoms with Crippen LogP contribution in [0.25, 0.3) is 0 Å². The second-order valence-electron chi connectivity index (χ2n) is 4.38. The summed E-state index contributed by atoms with van der Waals surface area (Å²) < 4.78 is 17.6. The van der Waals surface area contributed by atoms with Crippen molar-refractivity contribution in [3.05, 3.63) is 65.5 Å². The van der Waals surface area contributed by atoms with Crippen molar-refractivity contribution in [1.82, 2.24) is 0 Å². The van der Waals surface area contributed by atoms with Gasteiger partial charge in [0.2, 0.25) is 0 Å². The zero-order valence-electron chi connectivity index (χ0n) is 11.7. The summed E-state index contributed by atoms with van der Waals surface area (Å²) in [6, 6.07) is 11.9. The highest BCUT2D eigenvalue weighted by atomic mass is 19.1. The Morgan fingerprint density at radius 1 is 1.05 bits per heavy atom. The molecule has 0 aliphatic heterocycles. The van der Waals surface area contributed by atoms with E-state index in [0.717, 1.165) is 0 Å². The van der Waals surface area contributed by atoms with E-state index in [-0.39, 0.29) is 11.5 Å². The van der Waals surface area contributed by atoms with Crippen LogP contribution in [0.2, 0.25) is 0 Å². The number of ether oxygens (including phenoxy) is 1. The van der Waals surface area contributed by atoms with Crippen LogP contribution < -0.4 is 4.90 Å². The molecule has 0 atom stereocenters. The molecule has 0 radical (unpaired) electrons. The fraction of sp³-hybridized carbons (Fsp3) is 0.125. The van der Waals surface area contributed by atoms with E-state index >= 15 is 0 Å². The second kappa shape index (κ2) is 6.17. The van der Waals surface area contributed by atoms with Crippen LogP contribution in [-0.4, -0.2) is 26.0 Å². The molecule has 1 amide bonds. The first-order valence-corrected chi connectivity index (χ1v) is 6.25. The Hall–Kier alpha value is -2.69. The van der Waals surface area contributed by atoms with E-state index in [2.05, 4.69) is 0 Å². The minimum Gasteiger partial charge on any atom is -0.465 e. The quantitative estimate of drug-likeness (QED) is 0.815. The zero-order valence-corrected chi connectivity index (χ0v) is 11.7. The average molecular weight is 287 g/mol. The fourth-order valence-corrected chi connectivity index (χ4v) is 1.94. The Balaban J connectivity index is 2.36. The van der Waals surface area contributed by atoms with Crippen LogP contribution in [0.3, 0.4) is 0 Å². The molecule has 0 saturated heterocycles. The molecule has 0 saturated carbocycles. The highest BCUT2D eigenvalue weighted by Gasteiger charge is 2.19. The summed E-state index contributed by atoms with van der Waals surface area (Å²) in [5.74, 6) is -1.28. The van der Waals surface area contributed by atoms with Crippen molar-refractivity contribution >= 4 is 17.6 Å². The number of rotatable bonds is 3. The van der Waals surface area contributed by atoms with Crippen molar-refractivity contribution in [2.45, 2.75) is 0 Å². The molecule has 2 aromatic carbocycles. The van der Waals surface area contributed by atoms with Gasteiger partial charge in [-0.05, 0) is 36.4 Å². The number of halogens is 1. The maximum absolute atomic E-state index is 12.9. The third-order valence-corrected chi connectivity index (χ3v) is 3.07. The lowest BCUT2D eigenvalue weighted by Crippen LogP contribution is -2.28. The molecular formula is C16H14FNO3. The second-order valence-corrected chi connectivity index (χ2v) is 4.38. The van der Waals surface area contributed by atoms with Crippen LogP contribution in [0.15, 0.2) is 48.5 Å². The number of hydrogen-bond donors (Lipinski definition) is 0. The zero-order chi connectivity index (χ0) is 15.4. The first-order chi connectivity index (χ1) is 10.0. The summed E-state index contributed by atoms with van der Waals surface area (Å²) in [6.07, 6.45) is 0. The summed E-state index contributed by atoms with van der Waals surface area (Å²) in [7, 11) is 2.83. The van der Waals surface area contributed by atoms with Crippen LogP contribution in [-0.2, 0) is 4.74 Å². The van der Waals surface area contributed by atoms with E-state index in [9.17, 15) is 14.0 Å². The number of methoxy groups -OCH3 is 1. The number of esters is 1. The average Bonchev–Trinajstić information content (AvgIpc) is 2.53. The van der Waals surface area contributed by atoms with E-state index < -0.39 is 11.8 Å². The highest BCUT2D eigenvalue weighted by molar-refractivity contribution is 6.09. The van der Waals surface area contributed by atoms with E-state index in [1.807, 2.05) is 0 Å². The van der Waals surface area contributed by atoms with Gasteiger partial charge < -0.3 is 9.64 Å². The van der Waals surface area contributed by atoms with Crippen molar-refractivity contribution < 1.29 is 18.7 Å². The van der Waals surface area contributed by atoms with Gasteiger partial charge in [0, 0.05) is 12.6 Å². The Kier molecular flexibility index (Phi) is 4.33. The smallest absolute Gasteiger partial charge is 0.339 e. The van der Waals surface area contributed by atoms with Gasteiger partial charge in [0.1, 0.15) is 5.82 Å². The van der Waals surface area contributed by atoms with Gasteiger partial charge in [-0.3, -0.25) is 4.79 Å². The molecule has 4 nitrogen and oxygen atoms in total. The Morgan fingerprint density at radius 3 is 2.29 bits per heavy atom. The lowest BCUT2D eigenvalue weighted by Gasteiger charge is -2.19. The van der Waals surface area contributed by atoms with E-state index in [1.165, 1.54) is 36.3 Å². The molecule has 2 aromatic rings. The molecule has 0 fully saturated rings. The third kappa shape index (κ3) is 3.08. The number of amides is 1. The molecule has 0 N–H and O–H groups in total. The van der Waals surface area contributed by atoms with Gasteiger partial charge in [0.15, 0.2) is 0 Å². The maximum Gasteiger partial charge on any atom is 0.339 e. The number of anilines is 1. The number of nitrogens with zero attached hydrogens (tertiary/aromatic N) is 1. The summed E-state index contributed by atoms with van der Waals surface area (Å²) in [4.78, 5) is 25.4. The molecule has 21 heavy (non-hydrogen) atoms. The number of carbonyl (C=O) groups is 2. The van der Waals surface area contributed by atoms with Gasteiger partial charge >= 0.3 is 5.97 Å². The topological polar surface area (TPSA) is 46.6 Å². The van der Waals surface area contributed by atoms with Gasteiger partial charge in [0.05, 0.1) is 18.4 Å². The van der Waals surface area contributed by atoms with Crippen molar-refractivity contribution in [3.8, 4) is 0 Å². The number of benzene rings is 2. The monoisotopic (exact) mass is 287 g/mol. The fourth-order valence-electron chi connectivity index (χ4n) is 1.94. The van der Waals surface area contributed by atoms with Crippen LogP contribution in [0.4, 0.5) is 10.1 Å². The minimum absolute atomic E-state index is 0.290. The Labute approximate surface area is 121 Å². The molecule has 108 valence electrons. The first kappa shape index (κ1) is 14.7. The molecule has 0 spiro atoms. The minimum atomic E-state index is -0.524. The van der Waals surface area contributed by atoms with Gasteiger partial charge in [-0.2, -0.15) is 0 Å². The molecule has 0 aliphatic carbocycles. The molecule has 0 unspecified atom stereocenters. The predicted octanol–water partition coefficient (Wildman–Crippen LogP) is 2.89. The highest BCUT2D eigenvalue weighted by Crippen LogP contribution is 2.22. The van der Waals surface area contributed by atoms with E-state index in [1.54, 1.807) is 31.3 Å². The predicted molar refractivity (Wildman–Crippen MR) is 76.9 cm³/mol. The summed E-state index contributed by atoms with van der Waals surface area (Å²) in [6.45, 7) is 0. The molecule has 0 heterocycles. The Morgan fingerprint density at radius 2 is 1.67 bits per heavy atom. The van der Waals surface area contributed by atoms with Crippen molar-refractivity contribution in [1.29, 1.82) is 0 Å². The van der Waals surface area contributed by atoms with Gasteiger partial charge in [0.25, 0.3) is 5.91 Å². The van der Waals surface area contributed by atoms with Crippen molar-refractivity contribution in [2.75, 3.05) is 19.1 Å².